The first-order valence-electron chi connectivity index (χ1n) is 10.9. The SMILES string of the molecule is O=C(Nc1cccc2ccccc12)N1CCCN(c2nc(Cc3ccccc3)ns2)CC1. The number of anilines is 2. The smallest absolute Gasteiger partial charge is 0.321 e. The van der Waals surface area contributed by atoms with Crippen LogP contribution in [0.5, 0.6) is 0 Å². The average Bonchev–Trinajstić information content (AvgIpc) is 3.14. The number of amides is 2. The third-order valence-electron chi connectivity index (χ3n) is 5.75. The fraction of sp³-hybridized carbons (Fsp3) is 0.240. The standard InChI is InChI=1S/C25H25N5OS/c31-24(26-22-13-6-11-20-10-4-5-12-21(20)22)29-14-7-15-30(17-16-29)25-27-23(28-32-25)18-19-8-2-1-3-9-19/h1-6,8-13H,7,14-18H2,(H,26,31). The van der Waals surface area contributed by atoms with E-state index in [4.69, 9.17) is 4.98 Å². The largest absolute Gasteiger partial charge is 0.345 e. The van der Waals surface area contributed by atoms with Gasteiger partial charge in [0, 0.05) is 49.5 Å². The minimum Gasteiger partial charge on any atom is -0.345 e. The second-order valence-electron chi connectivity index (χ2n) is 7.94. The van der Waals surface area contributed by atoms with Crippen LogP contribution in [-0.4, -0.2) is 46.5 Å². The predicted octanol–water partition coefficient (Wildman–Crippen LogP) is 5.03. The normalized spacial score (nSPS) is 14.4. The number of nitrogens with one attached hydrogen (secondary N) is 1. The first-order chi connectivity index (χ1) is 15.8. The van der Waals surface area contributed by atoms with Crippen molar-refractivity contribution in [2.45, 2.75) is 12.8 Å². The fourth-order valence-corrected chi connectivity index (χ4v) is 4.80. The maximum atomic E-state index is 13.0. The zero-order chi connectivity index (χ0) is 21.8. The highest BCUT2D eigenvalue weighted by atomic mass is 32.1. The van der Waals surface area contributed by atoms with E-state index in [2.05, 4.69) is 38.9 Å². The van der Waals surface area contributed by atoms with E-state index in [0.717, 1.165) is 59.9 Å². The van der Waals surface area contributed by atoms with Gasteiger partial charge in [-0.05, 0) is 23.4 Å². The molecule has 2 heterocycles. The topological polar surface area (TPSA) is 61.4 Å². The Morgan fingerprint density at radius 1 is 0.906 bits per heavy atom. The third-order valence-corrected chi connectivity index (χ3v) is 6.56. The number of carbonyl (C=O) groups is 1. The highest BCUT2D eigenvalue weighted by molar-refractivity contribution is 7.09. The molecule has 162 valence electrons. The Kier molecular flexibility index (Phi) is 5.98. The number of hydrogen-bond acceptors (Lipinski definition) is 5. The predicted molar refractivity (Wildman–Crippen MR) is 131 cm³/mol. The van der Waals surface area contributed by atoms with Crippen LogP contribution in [0, 0.1) is 0 Å². The highest BCUT2D eigenvalue weighted by Gasteiger charge is 2.22. The van der Waals surface area contributed by atoms with Gasteiger partial charge in [0.05, 0.1) is 5.69 Å². The lowest BCUT2D eigenvalue weighted by Crippen LogP contribution is -2.38. The van der Waals surface area contributed by atoms with Crippen molar-refractivity contribution in [2.75, 3.05) is 36.4 Å². The van der Waals surface area contributed by atoms with Crippen molar-refractivity contribution in [3.63, 3.8) is 0 Å². The van der Waals surface area contributed by atoms with E-state index in [0.29, 0.717) is 6.54 Å². The Morgan fingerprint density at radius 3 is 2.62 bits per heavy atom. The maximum absolute atomic E-state index is 13.0. The first-order valence-corrected chi connectivity index (χ1v) is 11.7. The maximum Gasteiger partial charge on any atom is 0.321 e. The number of hydrogen-bond donors (Lipinski definition) is 1. The molecule has 3 aromatic carbocycles. The molecule has 0 atom stereocenters. The van der Waals surface area contributed by atoms with Crippen molar-refractivity contribution in [2.24, 2.45) is 0 Å². The van der Waals surface area contributed by atoms with Gasteiger partial charge in [0.25, 0.3) is 0 Å². The molecule has 1 aliphatic heterocycles. The summed E-state index contributed by atoms with van der Waals surface area (Å²) in [5.74, 6) is 0.853. The van der Waals surface area contributed by atoms with Crippen molar-refractivity contribution in [1.82, 2.24) is 14.3 Å². The minimum atomic E-state index is -0.0507. The van der Waals surface area contributed by atoms with Crippen molar-refractivity contribution < 1.29 is 4.79 Å². The van der Waals surface area contributed by atoms with Crippen LogP contribution in [0.15, 0.2) is 72.8 Å². The number of rotatable bonds is 4. The number of carbonyl (C=O) groups excluding carboxylic acids is 1. The Labute approximate surface area is 191 Å². The summed E-state index contributed by atoms with van der Waals surface area (Å²) in [5.41, 5.74) is 2.06. The molecular formula is C25H25N5OS. The molecular weight excluding hydrogens is 418 g/mol. The molecule has 7 heteroatoms. The van der Waals surface area contributed by atoms with Crippen molar-refractivity contribution in [3.8, 4) is 0 Å². The van der Waals surface area contributed by atoms with E-state index in [1.165, 1.54) is 17.1 Å². The molecule has 0 bridgehead atoms. The molecule has 1 saturated heterocycles. The van der Waals surface area contributed by atoms with Crippen molar-refractivity contribution in [1.29, 1.82) is 0 Å². The van der Waals surface area contributed by atoms with Crippen LogP contribution in [0.2, 0.25) is 0 Å². The molecule has 0 saturated carbocycles. The van der Waals surface area contributed by atoms with E-state index in [1.54, 1.807) is 0 Å². The lowest BCUT2D eigenvalue weighted by Gasteiger charge is -2.22. The van der Waals surface area contributed by atoms with Crippen LogP contribution >= 0.6 is 11.5 Å². The zero-order valence-corrected chi connectivity index (χ0v) is 18.6. The Hall–Kier alpha value is -3.45. The summed E-state index contributed by atoms with van der Waals surface area (Å²) in [7, 11) is 0. The molecule has 6 nitrogen and oxygen atoms in total. The molecule has 0 radical (unpaired) electrons. The fourth-order valence-electron chi connectivity index (χ4n) is 4.06. The summed E-state index contributed by atoms with van der Waals surface area (Å²) in [6, 6.07) is 24.3. The third kappa shape index (κ3) is 4.57. The summed E-state index contributed by atoms with van der Waals surface area (Å²) in [5, 5.41) is 6.22. The average molecular weight is 444 g/mol. The van der Waals surface area contributed by atoms with Gasteiger partial charge >= 0.3 is 6.03 Å². The van der Waals surface area contributed by atoms with Crippen LogP contribution in [0.1, 0.15) is 17.8 Å². The van der Waals surface area contributed by atoms with Gasteiger partial charge in [-0.3, -0.25) is 0 Å². The van der Waals surface area contributed by atoms with Gasteiger partial charge in [-0.2, -0.15) is 4.37 Å². The molecule has 32 heavy (non-hydrogen) atoms. The van der Waals surface area contributed by atoms with E-state index < -0.39 is 0 Å². The molecule has 5 rings (SSSR count). The summed E-state index contributed by atoms with van der Waals surface area (Å²) < 4.78 is 4.55. The molecule has 0 aliphatic carbocycles. The second kappa shape index (κ2) is 9.36. The summed E-state index contributed by atoms with van der Waals surface area (Å²) >= 11 is 1.44. The molecule has 1 N–H and O–H groups in total. The van der Waals surface area contributed by atoms with Crippen LogP contribution in [0.4, 0.5) is 15.6 Å². The molecule has 1 aromatic heterocycles. The van der Waals surface area contributed by atoms with Gasteiger partial charge in [0.15, 0.2) is 0 Å². The quantitative estimate of drug-likeness (QED) is 0.481. The molecule has 1 fully saturated rings. The lowest BCUT2D eigenvalue weighted by atomic mass is 10.1. The summed E-state index contributed by atoms with van der Waals surface area (Å²) in [6.07, 6.45) is 1.64. The number of benzene rings is 3. The zero-order valence-electron chi connectivity index (χ0n) is 17.8. The monoisotopic (exact) mass is 443 g/mol. The number of urea groups is 1. The Balaban J connectivity index is 1.22. The van der Waals surface area contributed by atoms with Gasteiger partial charge in [0.1, 0.15) is 5.82 Å². The number of aromatic nitrogens is 2. The lowest BCUT2D eigenvalue weighted by molar-refractivity contribution is 0.215. The first kappa shape index (κ1) is 20.5. The summed E-state index contributed by atoms with van der Waals surface area (Å²) in [4.78, 5) is 21.9. The molecule has 1 aliphatic rings. The molecule has 0 spiro atoms. The van der Waals surface area contributed by atoms with E-state index >= 15 is 0 Å². The van der Waals surface area contributed by atoms with Crippen molar-refractivity contribution >= 4 is 39.2 Å². The molecule has 2 amide bonds. The van der Waals surface area contributed by atoms with Crippen LogP contribution in [-0.2, 0) is 6.42 Å². The van der Waals surface area contributed by atoms with Crippen LogP contribution in [0.25, 0.3) is 10.8 Å². The minimum absolute atomic E-state index is 0.0507. The molecule has 4 aromatic rings. The molecule has 0 unspecified atom stereocenters. The van der Waals surface area contributed by atoms with Gasteiger partial charge in [-0.25, -0.2) is 9.78 Å². The highest BCUT2D eigenvalue weighted by Crippen LogP contribution is 2.24. The van der Waals surface area contributed by atoms with Crippen LogP contribution < -0.4 is 10.2 Å². The Bertz CT molecular complexity index is 1200. The van der Waals surface area contributed by atoms with E-state index in [9.17, 15) is 4.79 Å². The van der Waals surface area contributed by atoms with E-state index in [1.807, 2.05) is 53.4 Å². The van der Waals surface area contributed by atoms with Gasteiger partial charge in [-0.15, -0.1) is 0 Å². The number of fused-ring (bicyclic) bond motifs is 1. The summed E-state index contributed by atoms with van der Waals surface area (Å²) in [6.45, 7) is 3.01. The van der Waals surface area contributed by atoms with Gasteiger partial charge < -0.3 is 15.1 Å². The van der Waals surface area contributed by atoms with Crippen LogP contribution in [0.3, 0.4) is 0 Å². The van der Waals surface area contributed by atoms with Gasteiger partial charge in [-0.1, -0.05) is 66.7 Å². The van der Waals surface area contributed by atoms with Crippen molar-refractivity contribution in [3.05, 3.63) is 84.2 Å². The Morgan fingerprint density at radius 2 is 1.72 bits per heavy atom. The van der Waals surface area contributed by atoms with E-state index in [-0.39, 0.29) is 6.03 Å². The second-order valence-corrected chi connectivity index (χ2v) is 8.67. The number of nitrogens with zero attached hydrogens (tertiary/aromatic N) is 4. The van der Waals surface area contributed by atoms with Gasteiger partial charge in [0.2, 0.25) is 5.13 Å².